The van der Waals surface area contributed by atoms with E-state index < -0.39 is 12.1 Å². The molecule has 2 aromatic carbocycles. The molecule has 12 heteroatoms. The Morgan fingerprint density at radius 3 is 1.29 bits per heavy atom. The first-order chi connectivity index (χ1) is 24.9. The molecule has 0 saturated carbocycles. The van der Waals surface area contributed by atoms with Crippen molar-refractivity contribution in [2.45, 2.75) is 65.7 Å². The van der Waals surface area contributed by atoms with Crippen molar-refractivity contribution < 1.29 is 19.2 Å². The van der Waals surface area contributed by atoms with Gasteiger partial charge in [0.05, 0.1) is 11.4 Å². The number of H-pyrrole nitrogens is 2. The number of hydrogen-bond donors (Lipinski definition) is 4. The number of amides is 4. The van der Waals surface area contributed by atoms with E-state index in [1.807, 2.05) is 88.7 Å². The molecule has 6 rings (SSSR count). The zero-order valence-electron chi connectivity index (χ0n) is 30.4. The van der Waals surface area contributed by atoms with Gasteiger partial charge in [-0.1, -0.05) is 101 Å². The lowest BCUT2D eigenvalue weighted by Crippen LogP contribution is -2.50. The molecule has 0 radical (unpaired) electrons. The second-order valence-corrected chi connectivity index (χ2v) is 14.1. The normalized spacial score (nSPS) is 17.9. The van der Waals surface area contributed by atoms with Crippen molar-refractivity contribution >= 4 is 23.6 Å². The maximum atomic E-state index is 13.4. The summed E-state index contributed by atoms with van der Waals surface area (Å²) < 4.78 is 0. The third-order valence-electron chi connectivity index (χ3n) is 9.51. The fourth-order valence-corrected chi connectivity index (χ4v) is 6.73. The number of aromatic nitrogens is 4. The highest BCUT2D eigenvalue weighted by atomic mass is 16.2. The number of benzene rings is 2. The van der Waals surface area contributed by atoms with E-state index in [2.05, 4.69) is 44.9 Å². The molecule has 4 heterocycles. The summed E-state index contributed by atoms with van der Waals surface area (Å²) in [6.07, 6.45) is 11.5. The van der Waals surface area contributed by atoms with E-state index in [4.69, 9.17) is 9.97 Å². The van der Waals surface area contributed by atoms with Crippen LogP contribution in [0.3, 0.4) is 0 Å². The van der Waals surface area contributed by atoms with Crippen LogP contribution in [0.1, 0.15) is 65.3 Å². The number of rotatable bonds is 11. The van der Waals surface area contributed by atoms with Crippen LogP contribution in [-0.2, 0) is 19.2 Å². The van der Waals surface area contributed by atoms with Gasteiger partial charge in [-0.05, 0) is 23.0 Å². The summed E-state index contributed by atoms with van der Waals surface area (Å²) in [5.41, 5.74) is 5.52. The molecule has 270 valence electrons. The standard InChI is InChI=1S/C40H46N8O4/c1-23(2)35(43-25(5)49)39(51)47-19-7-9-33(47)37-41-21-31(45-37)29-15-11-27(12-16-29)28-13-17-30(18-14-28)32-22-42-38(46-32)34-10-8-20-48(34)40(52)36(24(3)4)44-26(6)50/h7-18,21-24,33-36H,19-20H2,1-6H3,(H,41,45)(H,42,46)(H,43,49)(H,44,50)/t33?,34?,35-,36-/m0/s1. The van der Waals surface area contributed by atoms with Crippen molar-refractivity contribution in [3.63, 3.8) is 0 Å². The average Bonchev–Trinajstić information content (AvgIpc) is 3.95. The highest BCUT2D eigenvalue weighted by molar-refractivity contribution is 5.88. The van der Waals surface area contributed by atoms with E-state index in [0.29, 0.717) is 24.7 Å². The summed E-state index contributed by atoms with van der Waals surface area (Å²) in [7, 11) is 0. The molecule has 4 amide bonds. The van der Waals surface area contributed by atoms with E-state index in [9.17, 15) is 19.2 Å². The third-order valence-corrected chi connectivity index (χ3v) is 9.51. The van der Waals surface area contributed by atoms with Crippen LogP contribution >= 0.6 is 0 Å². The largest absolute Gasteiger partial charge is 0.346 e. The Kier molecular flexibility index (Phi) is 10.5. The number of nitrogens with one attached hydrogen (secondary N) is 4. The van der Waals surface area contributed by atoms with Gasteiger partial charge in [0.2, 0.25) is 23.6 Å². The first-order valence-electron chi connectivity index (χ1n) is 17.7. The minimum Gasteiger partial charge on any atom is -0.346 e. The van der Waals surface area contributed by atoms with Gasteiger partial charge in [-0.2, -0.15) is 0 Å². The topological polar surface area (TPSA) is 156 Å². The summed E-state index contributed by atoms with van der Waals surface area (Å²) in [5, 5.41) is 5.60. The Hall–Kier alpha value is -5.78. The molecule has 0 bridgehead atoms. The smallest absolute Gasteiger partial charge is 0.246 e. The van der Waals surface area contributed by atoms with Crippen molar-refractivity contribution in [2.75, 3.05) is 13.1 Å². The fraction of sp³-hybridized carbons (Fsp3) is 0.350. The van der Waals surface area contributed by atoms with Crippen LogP contribution in [0.25, 0.3) is 33.6 Å². The molecule has 2 unspecified atom stereocenters. The molecular formula is C40H46N8O4. The molecule has 2 aliphatic rings. The van der Waals surface area contributed by atoms with Crippen LogP contribution in [0.4, 0.5) is 0 Å². The third kappa shape index (κ3) is 7.60. The summed E-state index contributed by atoms with van der Waals surface area (Å²) >= 11 is 0. The molecule has 2 aromatic heterocycles. The minimum atomic E-state index is -0.606. The van der Waals surface area contributed by atoms with E-state index in [-0.39, 0.29) is 47.5 Å². The van der Waals surface area contributed by atoms with Crippen LogP contribution in [0, 0.1) is 11.8 Å². The number of aromatic amines is 2. The highest BCUT2D eigenvalue weighted by Gasteiger charge is 2.36. The van der Waals surface area contributed by atoms with Gasteiger partial charge >= 0.3 is 0 Å². The monoisotopic (exact) mass is 702 g/mol. The molecule has 0 aliphatic carbocycles. The van der Waals surface area contributed by atoms with Crippen molar-refractivity contribution in [3.8, 4) is 33.6 Å². The lowest BCUT2D eigenvalue weighted by molar-refractivity contribution is -0.138. The van der Waals surface area contributed by atoms with E-state index in [1.165, 1.54) is 13.8 Å². The second-order valence-electron chi connectivity index (χ2n) is 14.1. The van der Waals surface area contributed by atoms with E-state index >= 15 is 0 Å². The molecule has 52 heavy (non-hydrogen) atoms. The molecule has 4 aromatic rings. The SMILES string of the molecule is CC(=O)N[C@H](C(=O)N1CC=CC1c1nc(-c2ccc(-c3ccc(-c4c[nH]c(C5C=CCN5C(=O)[C@@H](NC(C)=O)C(C)C)n4)cc3)cc2)c[nH]1)C(C)C. The van der Waals surface area contributed by atoms with Gasteiger partial charge in [0.25, 0.3) is 0 Å². The molecule has 2 aliphatic heterocycles. The quantitative estimate of drug-likeness (QED) is 0.155. The van der Waals surface area contributed by atoms with Crippen molar-refractivity contribution in [3.05, 3.63) is 96.9 Å². The molecule has 0 spiro atoms. The maximum absolute atomic E-state index is 13.4. The first-order valence-corrected chi connectivity index (χ1v) is 17.7. The number of nitrogens with zero attached hydrogens (tertiary/aromatic N) is 4. The number of hydrogen-bond acceptors (Lipinski definition) is 6. The average molecular weight is 703 g/mol. The number of carbonyl (C=O) groups excluding carboxylic acids is 4. The van der Waals surface area contributed by atoms with Crippen LogP contribution in [0.15, 0.2) is 85.2 Å². The number of imidazole rings is 2. The molecule has 4 atom stereocenters. The van der Waals surface area contributed by atoms with Crippen LogP contribution in [0.5, 0.6) is 0 Å². The van der Waals surface area contributed by atoms with Crippen LogP contribution in [-0.4, -0.2) is 78.5 Å². The van der Waals surface area contributed by atoms with Crippen LogP contribution < -0.4 is 10.6 Å². The van der Waals surface area contributed by atoms with Crippen molar-refractivity contribution in [1.82, 2.24) is 40.4 Å². The molecule has 0 fully saturated rings. The number of carbonyl (C=O) groups is 4. The summed E-state index contributed by atoms with van der Waals surface area (Å²) in [4.78, 5) is 70.0. The Bertz CT molecular complexity index is 1850. The first kappa shape index (κ1) is 36.0. The van der Waals surface area contributed by atoms with Gasteiger partial charge in [-0.3, -0.25) is 19.2 Å². The van der Waals surface area contributed by atoms with E-state index in [1.54, 1.807) is 9.80 Å². The van der Waals surface area contributed by atoms with Gasteiger partial charge < -0.3 is 30.4 Å². The summed E-state index contributed by atoms with van der Waals surface area (Å²) in [5.74, 6) is 0.488. The Labute approximate surface area is 303 Å². The molecular weight excluding hydrogens is 656 g/mol. The van der Waals surface area contributed by atoms with Gasteiger partial charge in [0.1, 0.15) is 35.8 Å². The zero-order valence-corrected chi connectivity index (χ0v) is 30.4. The van der Waals surface area contributed by atoms with Crippen molar-refractivity contribution in [2.24, 2.45) is 11.8 Å². The van der Waals surface area contributed by atoms with Gasteiger partial charge in [-0.25, -0.2) is 9.97 Å². The van der Waals surface area contributed by atoms with Gasteiger partial charge in [-0.15, -0.1) is 0 Å². The second kappa shape index (κ2) is 15.2. The summed E-state index contributed by atoms with van der Waals surface area (Å²) in [6, 6.07) is 14.4. The highest BCUT2D eigenvalue weighted by Crippen LogP contribution is 2.32. The molecule has 0 saturated heterocycles. The molecule has 4 N–H and O–H groups in total. The lowest BCUT2D eigenvalue weighted by Gasteiger charge is -2.30. The van der Waals surface area contributed by atoms with E-state index in [0.717, 1.165) is 33.6 Å². The van der Waals surface area contributed by atoms with Crippen molar-refractivity contribution in [1.29, 1.82) is 0 Å². The predicted molar refractivity (Wildman–Crippen MR) is 199 cm³/mol. The minimum absolute atomic E-state index is 0.0526. The molecule has 12 nitrogen and oxygen atoms in total. The van der Waals surface area contributed by atoms with Crippen LogP contribution in [0.2, 0.25) is 0 Å². The Morgan fingerprint density at radius 1 is 0.615 bits per heavy atom. The maximum Gasteiger partial charge on any atom is 0.246 e. The lowest BCUT2D eigenvalue weighted by atomic mass is 10.0. The Morgan fingerprint density at radius 2 is 0.962 bits per heavy atom. The predicted octanol–water partition coefficient (Wildman–Crippen LogP) is 5.33. The Balaban J connectivity index is 1.12. The fourth-order valence-electron chi connectivity index (χ4n) is 6.73. The van der Waals surface area contributed by atoms with Gasteiger partial charge in [0.15, 0.2) is 0 Å². The zero-order chi connectivity index (χ0) is 37.1. The summed E-state index contributed by atoms with van der Waals surface area (Å²) in [6.45, 7) is 11.4. The van der Waals surface area contributed by atoms with Gasteiger partial charge in [0, 0.05) is 50.5 Å².